The van der Waals surface area contributed by atoms with E-state index in [9.17, 15) is 4.79 Å². The maximum Gasteiger partial charge on any atom is 0.238 e. The molecule has 0 aliphatic heterocycles. The minimum absolute atomic E-state index is 0.0826. The number of aryl methyl sites for hydroxylation is 1. The van der Waals surface area contributed by atoms with Crippen LogP contribution in [-0.2, 0) is 11.2 Å². The first kappa shape index (κ1) is 17.0. The first-order valence-electron chi connectivity index (χ1n) is 8.47. The Morgan fingerprint density at radius 3 is 2.60 bits per heavy atom. The first-order valence-corrected chi connectivity index (χ1v) is 8.47. The van der Waals surface area contributed by atoms with Crippen LogP contribution in [0.25, 0.3) is 0 Å². The number of rotatable bonds is 7. The molecule has 128 valence electrons. The van der Waals surface area contributed by atoms with Gasteiger partial charge in [0.1, 0.15) is 5.76 Å². The zero-order valence-electron chi connectivity index (χ0n) is 14.2. The highest BCUT2D eigenvalue weighted by atomic mass is 16.3. The predicted molar refractivity (Wildman–Crippen MR) is 99.4 cm³/mol. The van der Waals surface area contributed by atoms with Crippen LogP contribution in [0.3, 0.4) is 0 Å². The number of benzene rings is 2. The minimum Gasteiger partial charge on any atom is -0.467 e. The Hall–Kier alpha value is -2.85. The maximum absolute atomic E-state index is 12.3. The van der Waals surface area contributed by atoms with Gasteiger partial charge in [0.05, 0.1) is 18.8 Å². The summed E-state index contributed by atoms with van der Waals surface area (Å²) in [6.45, 7) is 2.28. The van der Waals surface area contributed by atoms with Crippen molar-refractivity contribution >= 4 is 11.6 Å². The van der Waals surface area contributed by atoms with E-state index in [2.05, 4.69) is 23.6 Å². The molecule has 4 nitrogen and oxygen atoms in total. The van der Waals surface area contributed by atoms with Crippen molar-refractivity contribution in [3.05, 3.63) is 89.9 Å². The van der Waals surface area contributed by atoms with Crippen LogP contribution in [0.15, 0.2) is 77.4 Å². The fraction of sp³-hybridized carbons (Fsp3) is 0.190. The molecule has 2 N–H and O–H groups in total. The summed E-state index contributed by atoms with van der Waals surface area (Å²) in [7, 11) is 0. The summed E-state index contributed by atoms with van der Waals surface area (Å²) in [6.07, 6.45) is 2.58. The SMILES string of the molecule is CCc1cccc(NC(=O)CN[C@H](c2ccccc2)c2ccco2)c1. The molecule has 0 saturated heterocycles. The fourth-order valence-corrected chi connectivity index (χ4v) is 2.75. The van der Waals surface area contributed by atoms with Gasteiger partial charge >= 0.3 is 0 Å². The predicted octanol–water partition coefficient (Wildman–Crippen LogP) is 4.16. The summed E-state index contributed by atoms with van der Waals surface area (Å²) in [4.78, 5) is 12.3. The normalized spacial score (nSPS) is 11.9. The molecule has 3 aromatic rings. The highest BCUT2D eigenvalue weighted by Crippen LogP contribution is 2.22. The van der Waals surface area contributed by atoms with Crippen LogP contribution in [0, 0.1) is 0 Å². The van der Waals surface area contributed by atoms with E-state index in [4.69, 9.17) is 4.42 Å². The molecule has 0 spiro atoms. The fourth-order valence-electron chi connectivity index (χ4n) is 2.75. The molecular weight excluding hydrogens is 312 g/mol. The van der Waals surface area contributed by atoms with Gasteiger partial charge in [-0.1, -0.05) is 49.4 Å². The highest BCUT2D eigenvalue weighted by Gasteiger charge is 2.17. The molecule has 0 saturated carbocycles. The lowest BCUT2D eigenvalue weighted by molar-refractivity contribution is -0.115. The lowest BCUT2D eigenvalue weighted by Crippen LogP contribution is -2.31. The molecule has 0 fully saturated rings. The third-order valence-corrected chi connectivity index (χ3v) is 4.05. The molecule has 4 heteroatoms. The number of carbonyl (C=O) groups excluding carboxylic acids is 1. The Kier molecular flexibility index (Phi) is 5.65. The van der Waals surface area contributed by atoms with E-state index < -0.39 is 0 Å². The van der Waals surface area contributed by atoms with E-state index in [0.29, 0.717) is 0 Å². The van der Waals surface area contributed by atoms with Crippen LogP contribution in [0.1, 0.15) is 29.9 Å². The Morgan fingerprint density at radius 2 is 1.88 bits per heavy atom. The van der Waals surface area contributed by atoms with Crippen molar-refractivity contribution in [2.75, 3.05) is 11.9 Å². The summed E-state index contributed by atoms with van der Waals surface area (Å²) >= 11 is 0. The van der Waals surface area contributed by atoms with Gasteiger partial charge in [-0.3, -0.25) is 10.1 Å². The van der Waals surface area contributed by atoms with Crippen LogP contribution in [-0.4, -0.2) is 12.5 Å². The topological polar surface area (TPSA) is 54.3 Å². The third-order valence-electron chi connectivity index (χ3n) is 4.05. The summed E-state index contributed by atoms with van der Waals surface area (Å²) in [5, 5.41) is 6.22. The van der Waals surface area contributed by atoms with Crippen molar-refractivity contribution in [2.24, 2.45) is 0 Å². The number of hydrogen-bond acceptors (Lipinski definition) is 3. The molecule has 25 heavy (non-hydrogen) atoms. The van der Waals surface area contributed by atoms with Crippen LogP contribution >= 0.6 is 0 Å². The van der Waals surface area contributed by atoms with Crippen molar-refractivity contribution in [2.45, 2.75) is 19.4 Å². The molecule has 2 aromatic carbocycles. The second-order valence-electron chi connectivity index (χ2n) is 5.84. The van der Waals surface area contributed by atoms with E-state index in [1.54, 1.807) is 6.26 Å². The average Bonchev–Trinajstić information content (AvgIpc) is 3.17. The van der Waals surface area contributed by atoms with Gasteiger partial charge in [-0.15, -0.1) is 0 Å². The lowest BCUT2D eigenvalue weighted by atomic mass is 10.0. The lowest BCUT2D eigenvalue weighted by Gasteiger charge is -2.17. The Bertz CT molecular complexity index is 798. The standard InChI is InChI=1S/C21H22N2O2/c1-2-16-8-6-11-18(14-16)23-20(24)15-22-21(19-12-7-13-25-19)17-9-4-3-5-10-17/h3-14,21-22H,2,15H2,1H3,(H,23,24)/t21-/m1/s1. The van der Waals surface area contributed by atoms with E-state index in [1.165, 1.54) is 5.56 Å². The molecule has 1 amide bonds. The number of carbonyl (C=O) groups is 1. The summed E-state index contributed by atoms with van der Waals surface area (Å²) in [5.74, 6) is 0.702. The van der Waals surface area contributed by atoms with Crippen molar-refractivity contribution in [3.8, 4) is 0 Å². The summed E-state index contributed by atoms with van der Waals surface area (Å²) in [6, 6.07) is 21.5. The van der Waals surface area contributed by atoms with Gasteiger partial charge in [0.25, 0.3) is 0 Å². The Morgan fingerprint density at radius 1 is 1.04 bits per heavy atom. The minimum atomic E-state index is -0.163. The first-order chi connectivity index (χ1) is 12.3. The van der Waals surface area contributed by atoms with Gasteiger partial charge in [-0.05, 0) is 41.8 Å². The average molecular weight is 334 g/mol. The third kappa shape index (κ3) is 4.58. The monoisotopic (exact) mass is 334 g/mol. The highest BCUT2D eigenvalue weighted by molar-refractivity contribution is 5.92. The van der Waals surface area contributed by atoms with Crippen molar-refractivity contribution in [1.29, 1.82) is 0 Å². The largest absolute Gasteiger partial charge is 0.467 e. The molecule has 0 radical (unpaired) electrons. The molecule has 1 heterocycles. The maximum atomic E-state index is 12.3. The van der Waals surface area contributed by atoms with E-state index >= 15 is 0 Å². The Balaban J connectivity index is 1.66. The van der Waals surface area contributed by atoms with Gasteiger partial charge < -0.3 is 9.73 Å². The molecule has 1 atom stereocenters. The van der Waals surface area contributed by atoms with Crippen LogP contribution in [0.2, 0.25) is 0 Å². The molecule has 0 bridgehead atoms. The van der Waals surface area contributed by atoms with Gasteiger partial charge in [-0.2, -0.15) is 0 Å². The number of hydrogen-bond donors (Lipinski definition) is 2. The molecule has 0 aliphatic rings. The summed E-state index contributed by atoms with van der Waals surface area (Å²) in [5.41, 5.74) is 3.07. The zero-order valence-corrected chi connectivity index (χ0v) is 14.2. The molecule has 0 aliphatic carbocycles. The van der Waals surface area contributed by atoms with E-state index in [-0.39, 0.29) is 18.5 Å². The van der Waals surface area contributed by atoms with Crippen LogP contribution in [0.4, 0.5) is 5.69 Å². The van der Waals surface area contributed by atoms with Gasteiger partial charge in [-0.25, -0.2) is 0 Å². The summed E-state index contributed by atoms with van der Waals surface area (Å²) < 4.78 is 5.54. The molecule has 0 unspecified atom stereocenters. The van der Waals surface area contributed by atoms with Gasteiger partial charge in [0, 0.05) is 5.69 Å². The molecule has 1 aromatic heterocycles. The number of nitrogens with one attached hydrogen (secondary N) is 2. The smallest absolute Gasteiger partial charge is 0.238 e. The molecular formula is C21H22N2O2. The number of anilines is 1. The second-order valence-corrected chi connectivity index (χ2v) is 5.84. The van der Waals surface area contributed by atoms with Gasteiger partial charge in [0.15, 0.2) is 0 Å². The van der Waals surface area contributed by atoms with E-state index in [0.717, 1.165) is 23.4 Å². The zero-order chi connectivity index (χ0) is 17.5. The van der Waals surface area contributed by atoms with Crippen molar-refractivity contribution < 1.29 is 9.21 Å². The number of amides is 1. The quantitative estimate of drug-likeness (QED) is 0.682. The number of furan rings is 1. The molecule has 3 rings (SSSR count). The van der Waals surface area contributed by atoms with Crippen LogP contribution < -0.4 is 10.6 Å². The van der Waals surface area contributed by atoms with E-state index in [1.807, 2.05) is 60.7 Å². The van der Waals surface area contributed by atoms with Gasteiger partial charge in [0.2, 0.25) is 5.91 Å². The van der Waals surface area contributed by atoms with Crippen LogP contribution in [0.5, 0.6) is 0 Å². The van der Waals surface area contributed by atoms with Crippen molar-refractivity contribution in [1.82, 2.24) is 5.32 Å². The van der Waals surface area contributed by atoms with Crippen molar-refractivity contribution in [3.63, 3.8) is 0 Å². The second kappa shape index (κ2) is 8.31. The Labute approximate surface area is 147 Å².